The number of carbonyl (C=O) groups is 2. The number of carbonyl (C=O) groups excluding carboxylic acids is 2. The summed E-state index contributed by atoms with van der Waals surface area (Å²) in [5.41, 5.74) is 0. The molecule has 0 rings (SSSR count). The summed E-state index contributed by atoms with van der Waals surface area (Å²) in [7, 11) is 0. The van der Waals surface area contributed by atoms with Gasteiger partial charge in [-0.1, -0.05) is 27.7 Å². The molecule has 0 aliphatic heterocycles. The number of rotatable bonds is 2. The van der Waals surface area contributed by atoms with E-state index in [0.717, 1.165) is 12.2 Å². The molecule has 0 aromatic heterocycles. The Balaban J connectivity index is -0.0000000576. The Hall–Kier alpha value is -0.946. The van der Waals surface area contributed by atoms with E-state index in [1.807, 2.05) is 0 Å². The van der Waals surface area contributed by atoms with Crippen LogP contribution in [0.5, 0.6) is 0 Å². The van der Waals surface area contributed by atoms with Crippen molar-refractivity contribution in [1.29, 1.82) is 0 Å². The van der Waals surface area contributed by atoms with Gasteiger partial charge in [0.25, 0.3) is 0 Å². The molecule has 0 aliphatic carbocycles. The summed E-state index contributed by atoms with van der Waals surface area (Å²) in [4.78, 5) is 20.0. The predicted molar refractivity (Wildman–Crippen MR) is 70.0 cm³/mol. The number of ketones is 2. The van der Waals surface area contributed by atoms with E-state index in [0.29, 0.717) is 0 Å². The first-order chi connectivity index (χ1) is 9.08. The Kier molecular flexibility index (Phi) is 41.9. The second-order valence-electron chi connectivity index (χ2n) is 3.31. The molecule has 21 heavy (non-hydrogen) atoms. The van der Waals surface area contributed by atoms with Crippen LogP contribution in [0.1, 0.15) is 41.5 Å². The Labute approximate surface area is 142 Å². The number of hydrogen-bond acceptors (Lipinski definition) is 6. The maximum absolute atomic E-state index is 9.98. The van der Waals surface area contributed by atoms with Gasteiger partial charge in [-0.2, -0.15) is 0 Å². The third-order valence-electron chi connectivity index (χ3n) is 0.813. The van der Waals surface area contributed by atoms with E-state index in [9.17, 15) is 19.8 Å². The summed E-state index contributed by atoms with van der Waals surface area (Å²) in [6, 6.07) is 0. The van der Waals surface area contributed by atoms with Gasteiger partial charge in [0.15, 0.2) is 11.6 Å². The van der Waals surface area contributed by atoms with Crippen molar-refractivity contribution in [3.8, 4) is 0 Å². The van der Waals surface area contributed by atoms with E-state index in [2.05, 4.69) is 0 Å². The average molecular weight is 336 g/mol. The third kappa shape index (κ3) is 111. The summed E-state index contributed by atoms with van der Waals surface area (Å²) in [6.07, 6.45) is 2.11. The van der Waals surface area contributed by atoms with Gasteiger partial charge >= 0.3 is 0 Å². The van der Waals surface area contributed by atoms with Gasteiger partial charge in [0, 0.05) is 21.7 Å². The minimum atomic E-state index is -0.187. The Morgan fingerprint density at radius 1 is 0.762 bits per heavy atom. The van der Waals surface area contributed by atoms with Crippen LogP contribution < -0.4 is 20.4 Å². The van der Waals surface area contributed by atoms with E-state index >= 15 is 0 Å². The fourth-order valence-corrected chi connectivity index (χ4v) is 0.572. The van der Waals surface area contributed by atoms with Crippen molar-refractivity contribution in [3.05, 3.63) is 23.7 Å². The predicted octanol–water partition coefficient (Wildman–Crippen LogP) is -1.59. The molecule has 0 atom stereocenters. The molecule has 0 bridgehead atoms. The Morgan fingerprint density at radius 3 is 0.905 bits per heavy atom. The van der Waals surface area contributed by atoms with Crippen LogP contribution in [0.4, 0.5) is 0 Å². The number of hydrogen-bond donors (Lipinski definition) is 0. The van der Waals surface area contributed by atoms with Gasteiger partial charge < -0.3 is 20.4 Å². The molecule has 0 spiro atoms. The smallest absolute Gasteiger partial charge is 0.151 e. The third-order valence-corrected chi connectivity index (χ3v) is 0.813. The van der Waals surface area contributed by atoms with E-state index < -0.39 is 0 Å². The molecule has 0 heterocycles. The average Bonchev–Trinajstić information content (AvgIpc) is 2.15. The van der Waals surface area contributed by atoms with Crippen molar-refractivity contribution in [2.45, 2.75) is 41.5 Å². The molecule has 0 unspecified atom stereocenters. The summed E-state index contributed by atoms with van der Waals surface area (Å²) >= 11 is 0. The molecule has 0 aliphatic rings. The van der Waals surface area contributed by atoms with Crippen LogP contribution in [-0.4, -0.2) is 24.8 Å². The molecule has 0 radical (unpaired) electrons. The Morgan fingerprint density at radius 2 is 0.905 bits per heavy atom. The minimum absolute atomic E-state index is 0. The molecule has 0 amide bonds. The van der Waals surface area contributed by atoms with Crippen molar-refractivity contribution in [1.82, 2.24) is 0 Å². The summed E-state index contributed by atoms with van der Waals surface area (Å²) in [5.74, 6) is -0.750. The quantitative estimate of drug-likeness (QED) is 0.340. The summed E-state index contributed by atoms with van der Waals surface area (Å²) in [5, 5.41) is 37.8. The van der Waals surface area contributed by atoms with Gasteiger partial charge in [-0.3, -0.25) is 9.59 Å². The molecule has 6 nitrogen and oxygen atoms in total. The van der Waals surface area contributed by atoms with E-state index in [1.54, 1.807) is 13.8 Å². The van der Waals surface area contributed by atoms with Gasteiger partial charge in [-0.05, 0) is 26.0 Å². The van der Waals surface area contributed by atoms with Crippen LogP contribution in [0.15, 0.2) is 23.7 Å². The maximum atomic E-state index is 9.98. The summed E-state index contributed by atoms with van der Waals surface area (Å²) < 4.78 is 0. The van der Waals surface area contributed by atoms with Crippen molar-refractivity contribution in [3.63, 3.8) is 0 Å². The maximum Gasteiger partial charge on any atom is 0.151 e. The van der Waals surface area contributed by atoms with Crippen molar-refractivity contribution >= 4 is 11.6 Å². The molecule has 0 aromatic carbocycles. The molecular formula is C14H24O6Ti-4. The van der Waals surface area contributed by atoms with Gasteiger partial charge in [-0.15, -0.1) is 24.7 Å². The van der Waals surface area contributed by atoms with Crippen molar-refractivity contribution < 1.29 is 51.7 Å². The van der Waals surface area contributed by atoms with Crippen LogP contribution >= 0.6 is 0 Å². The summed E-state index contributed by atoms with van der Waals surface area (Å²) in [6.45, 7) is 8.53. The van der Waals surface area contributed by atoms with Gasteiger partial charge in [0.05, 0.1) is 0 Å². The first-order valence-corrected chi connectivity index (χ1v) is 5.96. The zero-order chi connectivity index (χ0) is 17.1. The molecule has 7 heteroatoms. The number of allylic oxidation sites excluding steroid dienone is 4. The molecule has 0 N–H and O–H groups in total. The molecule has 124 valence electrons. The standard InChI is InChI=1S/2C5H8O2.2C2H5O.Ti/c2*1-4(6)3-5(2)7;2*1-2-3;/h2*3,6H,1-2H3;2*2H2,1H3;/q;;2*-1;/p-2/b2*4-3-;;;. The largest absolute Gasteiger partial charge is 0.876 e. The topological polar surface area (TPSA) is 126 Å². The van der Waals surface area contributed by atoms with Crippen LogP contribution in [0, 0.1) is 0 Å². The zero-order valence-corrected chi connectivity index (χ0v) is 15.1. The van der Waals surface area contributed by atoms with Gasteiger partial charge in [-0.25, -0.2) is 0 Å². The fourth-order valence-electron chi connectivity index (χ4n) is 0.572. The van der Waals surface area contributed by atoms with E-state index in [1.165, 1.54) is 27.7 Å². The zero-order valence-electron chi connectivity index (χ0n) is 13.5. The second kappa shape index (κ2) is 27.4. The molecule has 0 fully saturated rings. The normalized spacial score (nSPS) is 9.33. The molecular weight excluding hydrogens is 312 g/mol. The monoisotopic (exact) mass is 336 g/mol. The minimum Gasteiger partial charge on any atom is -0.876 e. The van der Waals surface area contributed by atoms with Crippen LogP contribution in [0.3, 0.4) is 0 Å². The molecule has 0 saturated carbocycles. The first-order valence-electron chi connectivity index (χ1n) is 5.96. The SMILES string of the molecule is CC(=O)/C=C(/C)[O-].CC(=O)/C=C(/C)[O-].CC[O-].CC[O-].[Ti]. The van der Waals surface area contributed by atoms with Gasteiger partial charge in [0.2, 0.25) is 0 Å². The Bertz CT molecular complexity index is 260. The first kappa shape index (κ1) is 32.1. The van der Waals surface area contributed by atoms with Crippen LogP contribution in [0.25, 0.3) is 0 Å². The van der Waals surface area contributed by atoms with Crippen molar-refractivity contribution in [2.24, 2.45) is 0 Å². The van der Waals surface area contributed by atoms with Crippen molar-refractivity contribution in [2.75, 3.05) is 13.2 Å². The second-order valence-corrected chi connectivity index (χ2v) is 3.31. The van der Waals surface area contributed by atoms with E-state index in [-0.39, 0.29) is 58.0 Å². The van der Waals surface area contributed by atoms with Crippen LogP contribution in [0.2, 0.25) is 0 Å². The molecule has 0 aromatic rings. The molecule has 0 saturated heterocycles. The van der Waals surface area contributed by atoms with Gasteiger partial charge in [0.1, 0.15) is 0 Å². The fraction of sp³-hybridized carbons (Fsp3) is 0.571. The van der Waals surface area contributed by atoms with Crippen LogP contribution in [-0.2, 0) is 31.3 Å². The van der Waals surface area contributed by atoms with E-state index in [4.69, 9.17) is 10.2 Å².